The van der Waals surface area contributed by atoms with Crippen molar-refractivity contribution in [2.24, 2.45) is 0 Å². The molecule has 1 aromatic carbocycles. The Kier molecular flexibility index (Phi) is 3.36. The standard InChI is InChI=1S/C12H11ClN2O3/c1-7-5-14-10(6-16)12(7)9-3-2-8(13)4-11(9)15(17)18/h2-5,14,16H,6H2,1H3. The molecule has 0 atom stereocenters. The lowest BCUT2D eigenvalue weighted by Crippen LogP contribution is -1.95. The number of nitro groups is 1. The third-order valence-electron chi connectivity index (χ3n) is 2.74. The van der Waals surface area contributed by atoms with Crippen LogP contribution >= 0.6 is 11.6 Å². The molecular weight excluding hydrogens is 256 g/mol. The third kappa shape index (κ3) is 2.10. The predicted molar refractivity (Wildman–Crippen MR) is 68.6 cm³/mol. The summed E-state index contributed by atoms with van der Waals surface area (Å²) in [6.45, 7) is 1.62. The van der Waals surface area contributed by atoms with E-state index in [9.17, 15) is 15.2 Å². The maximum absolute atomic E-state index is 11.1. The van der Waals surface area contributed by atoms with Crippen molar-refractivity contribution in [1.82, 2.24) is 4.98 Å². The fourth-order valence-electron chi connectivity index (χ4n) is 1.94. The minimum atomic E-state index is -0.477. The van der Waals surface area contributed by atoms with Gasteiger partial charge in [-0.1, -0.05) is 11.6 Å². The number of hydrogen-bond acceptors (Lipinski definition) is 3. The highest BCUT2D eigenvalue weighted by Gasteiger charge is 2.20. The molecule has 0 radical (unpaired) electrons. The minimum absolute atomic E-state index is 0.0695. The van der Waals surface area contributed by atoms with Gasteiger partial charge in [0.25, 0.3) is 5.69 Å². The molecule has 0 aliphatic carbocycles. The Bertz CT molecular complexity index is 607. The number of aryl methyl sites for hydroxylation is 1. The molecular formula is C12H11ClN2O3. The van der Waals surface area contributed by atoms with Crippen LogP contribution in [0.25, 0.3) is 11.1 Å². The van der Waals surface area contributed by atoms with Crippen molar-refractivity contribution in [2.45, 2.75) is 13.5 Å². The van der Waals surface area contributed by atoms with Gasteiger partial charge in [-0.3, -0.25) is 10.1 Å². The second kappa shape index (κ2) is 4.80. The van der Waals surface area contributed by atoms with Gasteiger partial charge in [0.2, 0.25) is 0 Å². The van der Waals surface area contributed by atoms with Gasteiger partial charge in [-0.15, -0.1) is 0 Å². The van der Waals surface area contributed by atoms with Crippen molar-refractivity contribution in [3.8, 4) is 11.1 Å². The Morgan fingerprint density at radius 2 is 2.22 bits per heavy atom. The van der Waals surface area contributed by atoms with Crippen LogP contribution in [0.15, 0.2) is 24.4 Å². The largest absolute Gasteiger partial charge is 0.390 e. The molecule has 0 saturated carbocycles. The van der Waals surface area contributed by atoms with Crippen molar-refractivity contribution < 1.29 is 10.0 Å². The fourth-order valence-corrected chi connectivity index (χ4v) is 2.11. The van der Waals surface area contributed by atoms with E-state index >= 15 is 0 Å². The number of nitrogens with one attached hydrogen (secondary N) is 1. The Balaban J connectivity index is 2.70. The Morgan fingerprint density at radius 3 is 2.83 bits per heavy atom. The summed E-state index contributed by atoms with van der Waals surface area (Å²) in [6.07, 6.45) is 1.71. The highest BCUT2D eigenvalue weighted by molar-refractivity contribution is 6.31. The molecule has 0 spiro atoms. The molecule has 18 heavy (non-hydrogen) atoms. The van der Waals surface area contributed by atoms with Crippen molar-refractivity contribution in [2.75, 3.05) is 0 Å². The number of nitrogens with zero attached hydrogens (tertiary/aromatic N) is 1. The molecule has 5 nitrogen and oxygen atoms in total. The van der Waals surface area contributed by atoms with E-state index in [0.717, 1.165) is 5.56 Å². The van der Waals surface area contributed by atoms with E-state index in [0.29, 0.717) is 21.8 Å². The Labute approximate surface area is 108 Å². The number of aliphatic hydroxyl groups excluding tert-OH is 1. The first-order valence-electron chi connectivity index (χ1n) is 5.26. The Morgan fingerprint density at radius 1 is 1.50 bits per heavy atom. The molecule has 0 unspecified atom stereocenters. The molecule has 2 aromatic rings. The molecule has 2 N–H and O–H groups in total. The van der Waals surface area contributed by atoms with Crippen LogP contribution in [-0.2, 0) is 6.61 Å². The summed E-state index contributed by atoms with van der Waals surface area (Å²) in [5, 5.41) is 20.6. The van der Waals surface area contributed by atoms with E-state index in [1.165, 1.54) is 6.07 Å². The van der Waals surface area contributed by atoms with Crippen molar-refractivity contribution in [3.63, 3.8) is 0 Å². The van der Waals surface area contributed by atoms with Gasteiger partial charge >= 0.3 is 0 Å². The first-order valence-corrected chi connectivity index (χ1v) is 5.64. The zero-order valence-corrected chi connectivity index (χ0v) is 10.4. The lowest BCUT2D eigenvalue weighted by molar-refractivity contribution is -0.384. The van der Waals surface area contributed by atoms with Crippen LogP contribution in [0.4, 0.5) is 5.69 Å². The summed E-state index contributed by atoms with van der Waals surface area (Å²) in [7, 11) is 0. The van der Waals surface area contributed by atoms with Gasteiger partial charge in [0, 0.05) is 28.5 Å². The number of aromatic amines is 1. The Hall–Kier alpha value is -1.85. The zero-order valence-electron chi connectivity index (χ0n) is 9.61. The molecule has 0 fully saturated rings. The van der Waals surface area contributed by atoms with Crippen molar-refractivity contribution in [3.05, 3.63) is 50.8 Å². The van der Waals surface area contributed by atoms with Crippen LogP contribution < -0.4 is 0 Å². The summed E-state index contributed by atoms with van der Waals surface area (Å²) in [5.41, 5.74) is 2.43. The molecule has 1 aromatic heterocycles. The zero-order chi connectivity index (χ0) is 13.3. The van der Waals surface area contributed by atoms with E-state index in [2.05, 4.69) is 4.98 Å². The highest BCUT2D eigenvalue weighted by Crippen LogP contribution is 2.36. The molecule has 0 saturated heterocycles. The second-order valence-electron chi connectivity index (χ2n) is 3.90. The average Bonchev–Trinajstić information content (AvgIpc) is 2.70. The van der Waals surface area contributed by atoms with Crippen LogP contribution in [0, 0.1) is 17.0 Å². The first kappa shape index (κ1) is 12.6. The number of aliphatic hydroxyl groups is 1. The van der Waals surface area contributed by atoms with E-state index in [4.69, 9.17) is 11.6 Å². The maximum Gasteiger partial charge on any atom is 0.278 e. The van der Waals surface area contributed by atoms with E-state index in [1.807, 2.05) is 6.92 Å². The average molecular weight is 267 g/mol. The summed E-state index contributed by atoms with van der Waals surface area (Å²) in [5.74, 6) is 0. The van der Waals surface area contributed by atoms with Crippen molar-refractivity contribution >= 4 is 17.3 Å². The topological polar surface area (TPSA) is 79.2 Å². The maximum atomic E-state index is 11.1. The molecule has 0 bridgehead atoms. The van der Waals surface area contributed by atoms with Crippen LogP contribution in [0.2, 0.25) is 5.02 Å². The second-order valence-corrected chi connectivity index (χ2v) is 4.34. The van der Waals surface area contributed by atoms with Gasteiger partial charge in [0.1, 0.15) is 0 Å². The number of hydrogen-bond donors (Lipinski definition) is 2. The summed E-state index contributed by atoms with van der Waals surface area (Å²) in [6, 6.07) is 4.50. The minimum Gasteiger partial charge on any atom is -0.390 e. The summed E-state index contributed by atoms with van der Waals surface area (Å²) >= 11 is 5.77. The quantitative estimate of drug-likeness (QED) is 0.662. The lowest BCUT2D eigenvalue weighted by Gasteiger charge is -2.05. The molecule has 0 aliphatic heterocycles. The van der Waals surface area contributed by atoms with Gasteiger partial charge in [0.15, 0.2) is 0 Å². The van der Waals surface area contributed by atoms with Gasteiger partial charge in [-0.25, -0.2) is 0 Å². The number of aromatic nitrogens is 1. The van der Waals surface area contributed by atoms with Gasteiger partial charge < -0.3 is 10.1 Å². The third-order valence-corrected chi connectivity index (χ3v) is 2.98. The molecule has 2 rings (SSSR count). The smallest absolute Gasteiger partial charge is 0.278 e. The normalized spacial score (nSPS) is 10.6. The number of H-pyrrole nitrogens is 1. The fraction of sp³-hybridized carbons (Fsp3) is 0.167. The van der Waals surface area contributed by atoms with Crippen LogP contribution in [-0.4, -0.2) is 15.0 Å². The van der Waals surface area contributed by atoms with Crippen molar-refractivity contribution in [1.29, 1.82) is 0 Å². The molecule has 1 heterocycles. The van der Waals surface area contributed by atoms with Gasteiger partial charge in [-0.05, 0) is 24.6 Å². The molecule has 0 aliphatic rings. The number of nitro benzene ring substituents is 1. The summed E-state index contributed by atoms with van der Waals surface area (Å²) in [4.78, 5) is 13.5. The number of rotatable bonds is 3. The SMILES string of the molecule is Cc1c[nH]c(CO)c1-c1ccc(Cl)cc1[N+](=O)[O-]. The highest BCUT2D eigenvalue weighted by atomic mass is 35.5. The van der Waals surface area contributed by atoms with Gasteiger partial charge in [-0.2, -0.15) is 0 Å². The van der Waals surface area contributed by atoms with E-state index in [-0.39, 0.29) is 12.3 Å². The number of benzene rings is 1. The predicted octanol–water partition coefficient (Wildman–Crippen LogP) is 3.04. The lowest BCUT2D eigenvalue weighted by atomic mass is 10.0. The van der Waals surface area contributed by atoms with Gasteiger partial charge in [0.05, 0.1) is 17.1 Å². The van der Waals surface area contributed by atoms with Crippen LogP contribution in [0.1, 0.15) is 11.3 Å². The number of halogens is 1. The van der Waals surface area contributed by atoms with E-state index < -0.39 is 4.92 Å². The van der Waals surface area contributed by atoms with Crippen LogP contribution in [0.5, 0.6) is 0 Å². The molecule has 0 amide bonds. The van der Waals surface area contributed by atoms with E-state index in [1.54, 1.807) is 18.3 Å². The molecule has 6 heteroatoms. The molecule has 94 valence electrons. The first-order chi connectivity index (χ1) is 8.54. The monoisotopic (exact) mass is 266 g/mol. The van der Waals surface area contributed by atoms with Crippen LogP contribution in [0.3, 0.4) is 0 Å². The summed E-state index contributed by atoms with van der Waals surface area (Å²) < 4.78 is 0.